The number of ketones is 1. The highest BCUT2D eigenvalue weighted by atomic mass is 32.1. The summed E-state index contributed by atoms with van der Waals surface area (Å²) in [4.78, 5) is 13.4. The van der Waals surface area contributed by atoms with Crippen molar-refractivity contribution < 1.29 is 9.53 Å². The average Bonchev–Trinajstić information content (AvgIpc) is 2.97. The highest BCUT2D eigenvalue weighted by Crippen LogP contribution is 2.43. The maximum atomic E-state index is 11.6. The fraction of sp³-hybridized carbons (Fsp3) is 0.357. The summed E-state index contributed by atoms with van der Waals surface area (Å²) in [5.41, 5.74) is 6.46. The van der Waals surface area contributed by atoms with Crippen LogP contribution in [0.5, 0.6) is 5.75 Å². The molecule has 3 N–H and O–H groups in total. The number of ether oxygens (including phenoxy) is 1. The van der Waals surface area contributed by atoms with E-state index < -0.39 is 0 Å². The Morgan fingerprint density at radius 2 is 2.25 bits per heavy atom. The Bertz CT molecular complexity index is 589. The number of carbonyl (C=O) groups excluding carboxylic acids is 1. The van der Waals surface area contributed by atoms with Gasteiger partial charge >= 0.3 is 0 Å². The standard InChI is InChI=1S/C14H18N2O2S2/c1-8(2)18-12-11(15)13(9(3)17)20-14(12)16-7-10-5-4-6-19-10/h4-6,8,16H,7,15H2,1-3H3. The number of hydrogen-bond donors (Lipinski definition) is 2. The maximum absolute atomic E-state index is 11.6. The molecule has 4 nitrogen and oxygen atoms in total. The van der Waals surface area contributed by atoms with Crippen molar-refractivity contribution in [3.05, 3.63) is 27.3 Å². The maximum Gasteiger partial charge on any atom is 0.177 e. The summed E-state index contributed by atoms with van der Waals surface area (Å²) in [5, 5.41) is 6.16. The molecule has 0 atom stereocenters. The van der Waals surface area contributed by atoms with E-state index >= 15 is 0 Å². The van der Waals surface area contributed by atoms with Crippen molar-refractivity contribution in [3.63, 3.8) is 0 Å². The molecule has 2 aromatic rings. The first-order chi connectivity index (χ1) is 9.49. The monoisotopic (exact) mass is 310 g/mol. The van der Waals surface area contributed by atoms with Crippen LogP contribution in [0.3, 0.4) is 0 Å². The highest BCUT2D eigenvalue weighted by molar-refractivity contribution is 7.19. The average molecular weight is 310 g/mol. The molecule has 2 aromatic heterocycles. The summed E-state index contributed by atoms with van der Waals surface area (Å²) < 4.78 is 5.75. The van der Waals surface area contributed by atoms with Gasteiger partial charge in [0, 0.05) is 11.8 Å². The van der Waals surface area contributed by atoms with Crippen molar-refractivity contribution in [2.45, 2.75) is 33.4 Å². The number of hydrogen-bond acceptors (Lipinski definition) is 6. The van der Waals surface area contributed by atoms with Crippen molar-refractivity contribution in [2.24, 2.45) is 0 Å². The van der Waals surface area contributed by atoms with E-state index in [1.54, 1.807) is 11.3 Å². The summed E-state index contributed by atoms with van der Waals surface area (Å²) >= 11 is 3.03. The molecule has 0 radical (unpaired) electrons. The topological polar surface area (TPSA) is 64.3 Å². The number of Topliss-reactive ketones (excluding diaryl/α,β-unsaturated/α-hetero) is 1. The summed E-state index contributed by atoms with van der Waals surface area (Å²) in [6.45, 7) is 6.09. The lowest BCUT2D eigenvalue weighted by Gasteiger charge is -2.12. The third kappa shape index (κ3) is 3.32. The third-order valence-electron chi connectivity index (χ3n) is 2.58. The number of anilines is 2. The van der Waals surface area contributed by atoms with Gasteiger partial charge in [0.05, 0.1) is 23.2 Å². The van der Waals surface area contributed by atoms with Crippen LogP contribution in [0.1, 0.15) is 35.3 Å². The SMILES string of the molecule is CC(=O)c1sc(NCc2cccs2)c(OC(C)C)c1N. The van der Waals surface area contributed by atoms with Gasteiger partial charge in [-0.15, -0.1) is 22.7 Å². The van der Waals surface area contributed by atoms with E-state index in [1.165, 1.54) is 23.1 Å². The number of nitrogens with two attached hydrogens (primary N) is 1. The van der Waals surface area contributed by atoms with Gasteiger partial charge in [-0.05, 0) is 25.3 Å². The van der Waals surface area contributed by atoms with Gasteiger partial charge in [0.25, 0.3) is 0 Å². The normalized spacial score (nSPS) is 10.8. The summed E-state index contributed by atoms with van der Waals surface area (Å²) in [6.07, 6.45) is 0.00833. The molecule has 0 spiro atoms. The second-order valence-corrected chi connectivity index (χ2v) is 6.71. The van der Waals surface area contributed by atoms with Crippen LogP contribution in [-0.2, 0) is 6.54 Å². The van der Waals surface area contributed by atoms with E-state index in [4.69, 9.17) is 10.5 Å². The summed E-state index contributed by atoms with van der Waals surface area (Å²) in [6, 6.07) is 4.07. The quantitative estimate of drug-likeness (QED) is 0.792. The first kappa shape index (κ1) is 14.9. The molecular formula is C14H18N2O2S2. The molecule has 108 valence electrons. The zero-order chi connectivity index (χ0) is 14.7. The fourth-order valence-corrected chi connectivity index (χ4v) is 3.33. The lowest BCUT2D eigenvalue weighted by atomic mass is 10.3. The smallest absolute Gasteiger partial charge is 0.177 e. The van der Waals surface area contributed by atoms with Gasteiger partial charge in [-0.25, -0.2) is 0 Å². The van der Waals surface area contributed by atoms with Gasteiger partial charge in [0.2, 0.25) is 0 Å². The second-order valence-electron chi connectivity index (χ2n) is 4.66. The minimum Gasteiger partial charge on any atom is -0.486 e. The largest absolute Gasteiger partial charge is 0.486 e. The van der Waals surface area contributed by atoms with Crippen LogP contribution >= 0.6 is 22.7 Å². The molecule has 0 aliphatic rings. The Hall–Kier alpha value is -1.53. The lowest BCUT2D eigenvalue weighted by molar-refractivity contribution is 0.102. The molecule has 0 fully saturated rings. The van der Waals surface area contributed by atoms with E-state index in [2.05, 4.69) is 11.4 Å². The van der Waals surface area contributed by atoms with Crippen LogP contribution in [0.2, 0.25) is 0 Å². The predicted octanol–water partition coefficient (Wildman–Crippen LogP) is 3.99. The Morgan fingerprint density at radius 1 is 1.50 bits per heavy atom. The van der Waals surface area contributed by atoms with Gasteiger partial charge in [-0.1, -0.05) is 6.07 Å². The van der Waals surface area contributed by atoms with E-state index in [9.17, 15) is 4.79 Å². The molecule has 2 rings (SSSR count). The predicted molar refractivity (Wildman–Crippen MR) is 86.1 cm³/mol. The molecule has 0 unspecified atom stereocenters. The van der Waals surface area contributed by atoms with Crippen molar-refractivity contribution >= 4 is 39.1 Å². The van der Waals surface area contributed by atoms with Crippen LogP contribution in [0.4, 0.5) is 10.7 Å². The third-order valence-corrected chi connectivity index (χ3v) is 4.70. The van der Waals surface area contributed by atoms with Gasteiger partial charge in [-0.3, -0.25) is 4.79 Å². The summed E-state index contributed by atoms with van der Waals surface area (Å²) in [7, 11) is 0. The van der Waals surface area contributed by atoms with Crippen LogP contribution < -0.4 is 15.8 Å². The van der Waals surface area contributed by atoms with Gasteiger partial charge in [-0.2, -0.15) is 0 Å². The van der Waals surface area contributed by atoms with E-state index in [1.807, 2.05) is 25.3 Å². The zero-order valence-electron chi connectivity index (χ0n) is 11.7. The molecule has 6 heteroatoms. The number of thiophene rings is 2. The van der Waals surface area contributed by atoms with E-state index in [-0.39, 0.29) is 11.9 Å². The molecule has 0 aromatic carbocycles. The van der Waals surface area contributed by atoms with Gasteiger partial charge < -0.3 is 15.8 Å². The van der Waals surface area contributed by atoms with Crippen LogP contribution in [0, 0.1) is 0 Å². The molecule has 0 aliphatic heterocycles. The Balaban J connectivity index is 2.25. The van der Waals surface area contributed by atoms with Gasteiger partial charge in [0.1, 0.15) is 5.00 Å². The number of nitrogens with one attached hydrogen (secondary N) is 1. The Kier molecular flexibility index (Phi) is 4.67. The van der Waals surface area contributed by atoms with Crippen LogP contribution in [0.15, 0.2) is 17.5 Å². The fourth-order valence-electron chi connectivity index (χ4n) is 1.74. The molecule has 2 heterocycles. The zero-order valence-corrected chi connectivity index (χ0v) is 13.4. The van der Waals surface area contributed by atoms with E-state index in [0.717, 1.165) is 5.00 Å². The minimum atomic E-state index is -0.0368. The molecule has 0 aliphatic carbocycles. The van der Waals surface area contributed by atoms with Crippen LogP contribution in [-0.4, -0.2) is 11.9 Å². The highest BCUT2D eigenvalue weighted by Gasteiger charge is 2.20. The minimum absolute atomic E-state index is 0.00833. The molecular weight excluding hydrogens is 292 g/mol. The summed E-state index contributed by atoms with van der Waals surface area (Å²) in [5.74, 6) is 0.553. The van der Waals surface area contributed by atoms with Crippen molar-refractivity contribution in [2.75, 3.05) is 11.1 Å². The molecule has 0 bridgehead atoms. The van der Waals surface area contributed by atoms with Crippen LogP contribution in [0.25, 0.3) is 0 Å². The molecule has 20 heavy (non-hydrogen) atoms. The second kappa shape index (κ2) is 6.28. The van der Waals surface area contributed by atoms with Crippen molar-refractivity contribution in [3.8, 4) is 5.75 Å². The number of nitrogen functional groups attached to an aromatic ring is 1. The molecule has 0 saturated carbocycles. The molecule has 0 saturated heterocycles. The Morgan fingerprint density at radius 3 is 2.80 bits per heavy atom. The first-order valence-electron chi connectivity index (χ1n) is 6.35. The van der Waals surface area contributed by atoms with Crippen molar-refractivity contribution in [1.82, 2.24) is 0 Å². The molecule has 0 amide bonds. The first-order valence-corrected chi connectivity index (χ1v) is 8.04. The van der Waals surface area contributed by atoms with E-state index in [0.29, 0.717) is 22.9 Å². The number of rotatable bonds is 6. The Labute approximate surface area is 126 Å². The van der Waals surface area contributed by atoms with Crippen molar-refractivity contribution in [1.29, 1.82) is 0 Å². The number of carbonyl (C=O) groups is 1. The van der Waals surface area contributed by atoms with Gasteiger partial charge in [0.15, 0.2) is 11.5 Å². The lowest BCUT2D eigenvalue weighted by Crippen LogP contribution is -2.08.